The first-order valence-electron chi connectivity index (χ1n) is 9.95. The van der Waals surface area contributed by atoms with Gasteiger partial charge in [-0.05, 0) is 39.2 Å². The average molecular weight is 405 g/mol. The normalized spacial score (nSPS) is 16.2. The maximum absolute atomic E-state index is 12.3. The lowest BCUT2D eigenvalue weighted by Gasteiger charge is -2.19. The molecule has 1 aliphatic heterocycles. The third-order valence-corrected chi connectivity index (χ3v) is 4.34. The zero-order chi connectivity index (χ0) is 21.3. The first-order valence-corrected chi connectivity index (χ1v) is 9.95. The average Bonchev–Trinajstić information content (AvgIpc) is 3.15. The van der Waals surface area contributed by atoms with Crippen LogP contribution in [0.5, 0.6) is 0 Å². The molecule has 1 aromatic carbocycles. The topological polar surface area (TPSA) is 97.0 Å². The molecule has 0 bridgehead atoms. The molecule has 8 heteroatoms. The summed E-state index contributed by atoms with van der Waals surface area (Å²) in [5.41, 5.74) is 0.392. The number of alkyl carbamates (subject to hydrolysis) is 1. The van der Waals surface area contributed by atoms with Crippen LogP contribution >= 0.6 is 0 Å². The van der Waals surface area contributed by atoms with Gasteiger partial charge in [-0.3, -0.25) is 4.79 Å². The second-order valence-electron chi connectivity index (χ2n) is 8.05. The first kappa shape index (κ1) is 22.5. The minimum atomic E-state index is -0.533. The molecule has 2 rings (SSSR count). The van der Waals surface area contributed by atoms with Crippen LogP contribution in [0.1, 0.15) is 39.2 Å². The van der Waals surface area contributed by atoms with Gasteiger partial charge in [-0.2, -0.15) is 0 Å². The van der Waals surface area contributed by atoms with Crippen molar-refractivity contribution in [1.29, 1.82) is 0 Å². The largest absolute Gasteiger partial charge is 0.445 e. The lowest BCUT2D eigenvalue weighted by molar-refractivity contribution is -0.124. The summed E-state index contributed by atoms with van der Waals surface area (Å²) in [4.78, 5) is 37.5. The molecule has 2 N–H and O–H groups in total. The van der Waals surface area contributed by atoms with Gasteiger partial charge in [0.2, 0.25) is 5.91 Å². The van der Waals surface area contributed by atoms with Gasteiger partial charge in [0.25, 0.3) is 0 Å². The summed E-state index contributed by atoms with van der Waals surface area (Å²) in [6.07, 6.45) is 0.346. The Balaban J connectivity index is 1.59. The Morgan fingerprint density at radius 1 is 1.10 bits per heavy atom. The van der Waals surface area contributed by atoms with E-state index in [1.807, 2.05) is 30.3 Å². The van der Waals surface area contributed by atoms with E-state index in [0.29, 0.717) is 39.0 Å². The van der Waals surface area contributed by atoms with Crippen molar-refractivity contribution in [2.45, 2.75) is 45.8 Å². The fourth-order valence-corrected chi connectivity index (χ4v) is 2.90. The number of carbonyl (C=O) groups is 3. The predicted molar refractivity (Wildman–Crippen MR) is 108 cm³/mol. The van der Waals surface area contributed by atoms with Gasteiger partial charge in [0, 0.05) is 26.2 Å². The minimum Gasteiger partial charge on any atom is -0.445 e. The van der Waals surface area contributed by atoms with E-state index in [9.17, 15) is 14.4 Å². The molecule has 1 unspecified atom stereocenters. The van der Waals surface area contributed by atoms with Gasteiger partial charge in [0.1, 0.15) is 12.2 Å². The van der Waals surface area contributed by atoms with E-state index in [4.69, 9.17) is 9.47 Å². The first-order chi connectivity index (χ1) is 13.7. The van der Waals surface area contributed by atoms with Crippen LogP contribution in [0.2, 0.25) is 0 Å². The predicted octanol–water partition coefficient (Wildman–Crippen LogP) is 2.68. The van der Waals surface area contributed by atoms with Crippen molar-refractivity contribution >= 4 is 18.1 Å². The standard InChI is InChI=1S/C21H31N3O5/c1-21(2,3)29-19(26)23-12-7-11-22-18(25)17-10-13-24(14-17)20(27)28-15-16-8-5-4-6-9-16/h4-6,8-9,17H,7,10-15H2,1-3H3,(H,22,25)(H,23,26). The number of benzene rings is 1. The number of ether oxygens (including phenoxy) is 2. The van der Waals surface area contributed by atoms with Crippen LogP contribution in [0.4, 0.5) is 9.59 Å². The summed E-state index contributed by atoms with van der Waals surface area (Å²) in [7, 11) is 0. The summed E-state index contributed by atoms with van der Waals surface area (Å²) in [6.45, 7) is 7.35. The van der Waals surface area contributed by atoms with Gasteiger partial charge < -0.3 is 25.0 Å². The van der Waals surface area contributed by atoms with Crippen LogP contribution in [0, 0.1) is 5.92 Å². The molecule has 1 heterocycles. The summed E-state index contributed by atoms with van der Waals surface area (Å²) in [6, 6.07) is 9.48. The third kappa shape index (κ3) is 8.41. The summed E-state index contributed by atoms with van der Waals surface area (Å²) >= 11 is 0. The zero-order valence-corrected chi connectivity index (χ0v) is 17.4. The number of nitrogens with one attached hydrogen (secondary N) is 2. The number of rotatable bonds is 7. The highest BCUT2D eigenvalue weighted by Gasteiger charge is 2.31. The molecule has 0 aliphatic carbocycles. The van der Waals surface area contributed by atoms with E-state index in [-0.39, 0.29) is 18.4 Å². The second-order valence-corrected chi connectivity index (χ2v) is 8.05. The van der Waals surface area contributed by atoms with Crippen molar-refractivity contribution < 1.29 is 23.9 Å². The molecule has 0 spiro atoms. The monoisotopic (exact) mass is 405 g/mol. The second kappa shape index (κ2) is 10.7. The van der Waals surface area contributed by atoms with Gasteiger partial charge >= 0.3 is 12.2 Å². The summed E-state index contributed by atoms with van der Waals surface area (Å²) < 4.78 is 10.5. The molecule has 0 aromatic heterocycles. The van der Waals surface area contributed by atoms with E-state index in [0.717, 1.165) is 5.56 Å². The van der Waals surface area contributed by atoms with Crippen molar-refractivity contribution in [2.75, 3.05) is 26.2 Å². The maximum Gasteiger partial charge on any atom is 0.410 e. The number of hydrogen-bond donors (Lipinski definition) is 2. The molecule has 1 saturated heterocycles. The molecule has 1 atom stereocenters. The lowest BCUT2D eigenvalue weighted by atomic mass is 10.1. The van der Waals surface area contributed by atoms with Crippen LogP contribution in [0.3, 0.4) is 0 Å². The van der Waals surface area contributed by atoms with Crippen LogP contribution < -0.4 is 10.6 Å². The SMILES string of the molecule is CC(C)(C)OC(=O)NCCCNC(=O)C1CCN(C(=O)OCc2ccccc2)C1. The van der Waals surface area contributed by atoms with Gasteiger partial charge in [0.05, 0.1) is 5.92 Å². The Morgan fingerprint density at radius 3 is 2.48 bits per heavy atom. The number of likely N-dealkylation sites (tertiary alicyclic amines) is 1. The van der Waals surface area contributed by atoms with E-state index in [1.165, 1.54) is 0 Å². The Morgan fingerprint density at radius 2 is 1.79 bits per heavy atom. The number of hydrogen-bond acceptors (Lipinski definition) is 5. The van der Waals surface area contributed by atoms with E-state index in [1.54, 1.807) is 25.7 Å². The van der Waals surface area contributed by atoms with E-state index >= 15 is 0 Å². The third-order valence-electron chi connectivity index (χ3n) is 4.34. The minimum absolute atomic E-state index is 0.0828. The Bertz CT molecular complexity index is 687. The maximum atomic E-state index is 12.3. The van der Waals surface area contributed by atoms with Crippen molar-refractivity contribution in [3.05, 3.63) is 35.9 Å². The van der Waals surface area contributed by atoms with Crippen LogP contribution in [-0.4, -0.2) is 54.8 Å². The molecule has 1 fully saturated rings. The molecule has 0 radical (unpaired) electrons. The summed E-state index contributed by atoms with van der Waals surface area (Å²) in [5.74, 6) is -0.321. The highest BCUT2D eigenvalue weighted by Crippen LogP contribution is 2.17. The van der Waals surface area contributed by atoms with Crippen LogP contribution in [0.25, 0.3) is 0 Å². The molecule has 1 aliphatic rings. The van der Waals surface area contributed by atoms with E-state index < -0.39 is 17.8 Å². The fourth-order valence-electron chi connectivity index (χ4n) is 2.90. The molecule has 1 aromatic rings. The highest BCUT2D eigenvalue weighted by molar-refractivity contribution is 5.80. The Labute approximate surface area is 171 Å². The molecule has 8 nitrogen and oxygen atoms in total. The van der Waals surface area contributed by atoms with Crippen molar-refractivity contribution in [3.63, 3.8) is 0 Å². The fraction of sp³-hybridized carbons (Fsp3) is 0.571. The molecular weight excluding hydrogens is 374 g/mol. The lowest BCUT2D eigenvalue weighted by Crippen LogP contribution is -2.37. The van der Waals surface area contributed by atoms with Crippen molar-refractivity contribution in [3.8, 4) is 0 Å². The van der Waals surface area contributed by atoms with E-state index in [2.05, 4.69) is 10.6 Å². The Hall–Kier alpha value is -2.77. The van der Waals surface area contributed by atoms with Crippen molar-refractivity contribution in [2.24, 2.45) is 5.92 Å². The molecule has 160 valence electrons. The van der Waals surface area contributed by atoms with Gasteiger partial charge in [-0.15, -0.1) is 0 Å². The number of amides is 3. The Kier molecular flexibility index (Phi) is 8.30. The van der Waals surface area contributed by atoms with Gasteiger partial charge in [-0.1, -0.05) is 30.3 Å². The van der Waals surface area contributed by atoms with Crippen LogP contribution in [-0.2, 0) is 20.9 Å². The molecule has 0 saturated carbocycles. The quantitative estimate of drug-likeness (QED) is 0.680. The smallest absolute Gasteiger partial charge is 0.410 e. The number of carbonyl (C=O) groups excluding carboxylic acids is 3. The van der Waals surface area contributed by atoms with Crippen LogP contribution in [0.15, 0.2) is 30.3 Å². The molecular formula is C21H31N3O5. The zero-order valence-electron chi connectivity index (χ0n) is 17.4. The molecule has 29 heavy (non-hydrogen) atoms. The van der Waals surface area contributed by atoms with Gasteiger partial charge in [0.15, 0.2) is 0 Å². The highest BCUT2D eigenvalue weighted by atomic mass is 16.6. The van der Waals surface area contributed by atoms with Gasteiger partial charge in [-0.25, -0.2) is 9.59 Å². The summed E-state index contributed by atoms with van der Waals surface area (Å²) in [5, 5.41) is 5.50. The number of nitrogens with zero attached hydrogens (tertiary/aromatic N) is 1. The van der Waals surface area contributed by atoms with Crippen molar-refractivity contribution in [1.82, 2.24) is 15.5 Å². The molecule has 3 amide bonds.